The van der Waals surface area contributed by atoms with Gasteiger partial charge in [-0.1, -0.05) is 37.3 Å². The van der Waals surface area contributed by atoms with Crippen LogP contribution < -0.4 is 11.1 Å². The number of aliphatic imine (C=N–C) groups is 1. The van der Waals surface area contributed by atoms with Crippen molar-refractivity contribution in [3.8, 4) is 0 Å². The van der Waals surface area contributed by atoms with Crippen LogP contribution >= 0.6 is 24.0 Å². The van der Waals surface area contributed by atoms with Gasteiger partial charge in [0.05, 0.1) is 12.6 Å². The highest BCUT2D eigenvalue weighted by atomic mass is 127. The number of ether oxygens (including phenoxy) is 1. The molecule has 2 heterocycles. The first-order chi connectivity index (χ1) is 12.8. The van der Waals surface area contributed by atoms with Crippen LogP contribution in [0.25, 0.3) is 0 Å². The van der Waals surface area contributed by atoms with Crippen molar-refractivity contribution in [3.05, 3.63) is 35.9 Å². The molecule has 2 fully saturated rings. The van der Waals surface area contributed by atoms with E-state index < -0.39 is 0 Å². The third kappa shape index (κ3) is 6.91. The lowest BCUT2D eigenvalue weighted by atomic mass is 9.89. The van der Waals surface area contributed by atoms with E-state index in [1.54, 1.807) is 0 Å². The summed E-state index contributed by atoms with van der Waals surface area (Å²) in [6.45, 7) is 7.08. The molecule has 27 heavy (non-hydrogen) atoms. The number of halogens is 1. The molecule has 152 valence electrons. The molecule has 0 bridgehead atoms. The molecule has 2 aliphatic heterocycles. The molecule has 3 N–H and O–H groups in total. The van der Waals surface area contributed by atoms with Gasteiger partial charge in [-0.25, -0.2) is 0 Å². The van der Waals surface area contributed by atoms with Gasteiger partial charge in [-0.3, -0.25) is 9.89 Å². The van der Waals surface area contributed by atoms with E-state index in [4.69, 9.17) is 10.5 Å². The van der Waals surface area contributed by atoms with Crippen molar-refractivity contribution in [2.45, 2.75) is 51.1 Å². The number of benzene rings is 1. The summed E-state index contributed by atoms with van der Waals surface area (Å²) in [6.07, 6.45) is 5.85. The third-order valence-corrected chi connectivity index (χ3v) is 5.81. The number of rotatable bonds is 7. The third-order valence-electron chi connectivity index (χ3n) is 5.81. The number of likely N-dealkylation sites (N-methyl/N-ethyl adjacent to an activating group) is 1. The number of nitrogens with one attached hydrogen (secondary N) is 1. The zero-order chi connectivity index (χ0) is 18.2. The van der Waals surface area contributed by atoms with Gasteiger partial charge in [-0.05, 0) is 56.7 Å². The minimum atomic E-state index is 0. The van der Waals surface area contributed by atoms with Crippen LogP contribution in [0.4, 0.5) is 0 Å². The van der Waals surface area contributed by atoms with E-state index in [1.165, 1.54) is 24.9 Å². The first-order valence-electron chi connectivity index (χ1n) is 10.2. The number of hydrogen-bond acceptors (Lipinski definition) is 3. The highest BCUT2D eigenvalue weighted by Crippen LogP contribution is 2.27. The fourth-order valence-electron chi connectivity index (χ4n) is 4.23. The Hall–Kier alpha value is -0.860. The first-order valence-corrected chi connectivity index (χ1v) is 10.2. The number of hydrogen-bond donors (Lipinski definition) is 2. The topological polar surface area (TPSA) is 62.9 Å². The monoisotopic (exact) mass is 486 g/mol. The van der Waals surface area contributed by atoms with Crippen molar-refractivity contribution < 1.29 is 4.74 Å². The highest BCUT2D eigenvalue weighted by Gasteiger charge is 2.23. The molecule has 0 radical (unpaired) electrons. The van der Waals surface area contributed by atoms with Gasteiger partial charge in [-0.15, -0.1) is 24.0 Å². The molecule has 2 aliphatic rings. The van der Waals surface area contributed by atoms with E-state index in [2.05, 4.69) is 52.5 Å². The maximum Gasteiger partial charge on any atom is 0.189 e. The summed E-state index contributed by atoms with van der Waals surface area (Å²) in [4.78, 5) is 7.19. The summed E-state index contributed by atoms with van der Waals surface area (Å²) < 4.78 is 5.51. The smallest absolute Gasteiger partial charge is 0.189 e. The van der Waals surface area contributed by atoms with Gasteiger partial charge < -0.3 is 15.8 Å². The van der Waals surface area contributed by atoms with Crippen LogP contribution in [0.5, 0.6) is 0 Å². The van der Waals surface area contributed by atoms with Crippen LogP contribution in [0.2, 0.25) is 0 Å². The standard InChI is InChI=1S/C21H34N4O.HI/c1-2-25-12-6-9-19(25)16-23-21(22)24-20(18-7-4-3-5-8-18)15-17-10-13-26-14-11-17;/h3-5,7-8,17,19-20H,2,6,9-16H2,1H3,(H3,22,23,24);1H. The van der Waals surface area contributed by atoms with Gasteiger partial charge in [0.25, 0.3) is 0 Å². The van der Waals surface area contributed by atoms with Crippen molar-refractivity contribution in [1.29, 1.82) is 0 Å². The van der Waals surface area contributed by atoms with Crippen molar-refractivity contribution in [2.75, 3.05) is 32.8 Å². The van der Waals surface area contributed by atoms with Crippen LogP contribution in [-0.4, -0.2) is 49.7 Å². The van der Waals surface area contributed by atoms with Crippen molar-refractivity contribution >= 4 is 29.9 Å². The lowest BCUT2D eigenvalue weighted by Crippen LogP contribution is -2.38. The second-order valence-electron chi connectivity index (χ2n) is 7.55. The molecule has 6 heteroatoms. The van der Waals surface area contributed by atoms with E-state index in [9.17, 15) is 0 Å². The van der Waals surface area contributed by atoms with Crippen LogP contribution in [0.15, 0.2) is 35.3 Å². The molecule has 2 saturated heterocycles. The van der Waals surface area contributed by atoms with Gasteiger partial charge in [0.1, 0.15) is 0 Å². The number of guanidine groups is 1. The van der Waals surface area contributed by atoms with Crippen LogP contribution in [0, 0.1) is 5.92 Å². The minimum absolute atomic E-state index is 0. The Morgan fingerprint density at radius 3 is 2.70 bits per heavy atom. The highest BCUT2D eigenvalue weighted by molar-refractivity contribution is 14.0. The molecule has 2 unspecified atom stereocenters. The fourth-order valence-corrected chi connectivity index (χ4v) is 4.23. The molecular formula is C21H35IN4O. The molecule has 5 nitrogen and oxygen atoms in total. The lowest BCUT2D eigenvalue weighted by Gasteiger charge is -2.28. The van der Waals surface area contributed by atoms with Gasteiger partial charge >= 0.3 is 0 Å². The van der Waals surface area contributed by atoms with Crippen molar-refractivity contribution in [2.24, 2.45) is 16.6 Å². The van der Waals surface area contributed by atoms with Crippen LogP contribution in [-0.2, 0) is 4.74 Å². The Morgan fingerprint density at radius 2 is 2.00 bits per heavy atom. The van der Waals surface area contributed by atoms with Gasteiger partial charge in [0, 0.05) is 19.3 Å². The van der Waals surface area contributed by atoms with E-state index in [0.717, 1.165) is 45.6 Å². The van der Waals surface area contributed by atoms with Crippen molar-refractivity contribution in [3.63, 3.8) is 0 Å². The number of likely N-dealkylation sites (tertiary alicyclic amines) is 1. The Kier molecular flexibility index (Phi) is 9.86. The second-order valence-corrected chi connectivity index (χ2v) is 7.55. The number of nitrogens with zero attached hydrogens (tertiary/aromatic N) is 2. The van der Waals surface area contributed by atoms with Gasteiger partial charge in [0.2, 0.25) is 0 Å². The molecule has 1 aromatic carbocycles. The lowest BCUT2D eigenvalue weighted by molar-refractivity contribution is 0.0612. The largest absolute Gasteiger partial charge is 0.381 e. The molecular weight excluding hydrogens is 451 g/mol. The summed E-state index contributed by atoms with van der Waals surface area (Å²) in [7, 11) is 0. The predicted molar refractivity (Wildman–Crippen MR) is 123 cm³/mol. The fraction of sp³-hybridized carbons (Fsp3) is 0.667. The summed E-state index contributed by atoms with van der Waals surface area (Å²) in [5.41, 5.74) is 7.56. The minimum Gasteiger partial charge on any atom is -0.381 e. The Bertz CT molecular complexity index is 563. The van der Waals surface area contributed by atoms with E-state index in [0.29, 0.717) is 17.9 Å². The zero-order valence-corrected chi connectivity index (χ0v) is 18.8. The molecule has 0 saturated carbocycles. The summed E-state index contributed by atoms with van der Waals surface area (Å²) in [5.74, 6) is 1.26. The van der Waals surface area contributed by atoms with Crippen LogP contribution in [0.3, 0.4) is 0 Å². The maximum atomic E-state index is 6.28. The van der Waals surface area contributed by atoms with Crippen LogP contribution in [0.1, 0.15) is 50.6 Å². The average Bonchev–Trinajstić information content (AvgIpc) is 3.15. The van der Waals surface area contributed by atoms with E-state index >= 15 is 0 Å². The zero-order valence-electron chi connectivity index (χ0n) is 16.5. The summed E-state index contributed by atoms with van der Waals surface area (Å²) >= 11 is 0. The average molecular weight is 486 g/mol. The predicted octanol–water partition coefficient (Wildman–Crippen LogP) is 3.55. The summed E-state index contributed by atoms with van der Waals surface area (Å²) in [6, 6.07) is 11.4. The molecule has 1 aromatic rings. The molecule has 0 amide bonds. The Labute approximate surface area is 181 Å². The molecule has 3 rings (SSSR count). The number of nitrogens with two attached hydrogens (primary N) is 1. The second kappa shape index (κ2) is 11.9. The Balaban J connectivity index is 0.00000261. The van der Waals surface area contributed by atoms with Gasteiger partial charge in [0.15, 0.2) is 5.96 Å². The molecule has 0 aromatic heterocycles. The summed E-state index contributed by atoms with van der Waals surface area (Å²) in [5, 5.41) is 3.51. The molecule has 2 atom stereocenters. The van der Waals surface area contributed by atoms with Crippen molar-refractivity contribution in [1.82, 2.24) is 10.2 Å². The Morgan fingerprint density at radius 1 is 1.26 bits per heavy atom. The molecule has 0 spiro atoms. The normalized spacial score (nSPS) is 23.0. The van der Waals surface area contributed by atoms with E-state index in [1.807, 2.05) is 0 Å². The maximum absolute atomic E-state index is 6.28. The molecule has 0 aliphatic carbocycles. The first kappa shape index (κ1) is 22.4. The SMILES string of the molecule is CCN1CCCC1CN=C(N)NC(CC1CCOCC1)c1ccccc1.I. The van der Waals surface area contributed by atoms with E-state index in [-0.39, 0.29) is 30.0 Å². The quantitative estimate of drug-likeness (QED) is 0.352. The van der Waals surface area contributed by atoms with Gasteiger partial charge in [-0.2, -0.15) is 0 Å².